The van der Waals surface area contributed by atoms with Gasteiger partial charge in [-0.2, -0.15) is 0 Å². The molecule has 2 amide bonds. The van der Waals surface area contributed by atoms with Crippen molar-refractivity contribution in [1.82, 2.24) is 4.90 Å². The van der Waals surface area contributed by atoms with Crippen molar-refractivity contribution in [3.8, 4) is 11.3 Å². The first-order valence-corrected chi connectivity index (χ1v) is 11.3. The molecule has 4 aromatic rings. The summed E-state index contributed by atoms with van der Waals surface area (Å²) in [5.41, 5.74) is 2.27. The van der Waals surface area contributed by atoms with Crippen molar-refractivity contribution in [2.75, 3.05) is 0 Å². The molecule has 0 radical (unpaired) electrons. The minimum Gasteiger partial charge on any atom is -0.457 e. The summed E-state index contributed by atoms with van der Waals surface area (Å²) in [7, 11) is 0. The molecule has 2 heterocycles. The van der Waals surface area contributed by atoms with E-state index in [0.717, 1.165) is 33.7 Å². The summed E-state index contributed by atoms with van der Waals surface area (Å²) in [5.74, 6) is 0.450. The van der Waals surface area contributed by atoms with Crippen LogP contribution in [0.5, 0.6) is 0 Å². The molecule has 3 aromatic carbocycles. The molecule has 0 saturated carbocycles. The van der Waals surface area contributed by atoms with Gasteiger partial charge < -0.3 is 4.42 Å². The third-order valence-corrected chi connectivity index (χ3v) is 6.59. The van der Waals surface area contributed by atoms with E-state index < -0.39 is 4.92 Å². The lowest BCUT2D eigenvalue weighted by Gasteiger charge is -2.14. The van der Waals surface area contributed by atoms with E-state index in [1.54, 1.807) is 18.2 Å². The van der Waals surface area contributed by atoms with Crippen LogP contribution in [0, 0.1) is 17.0 Å². The topological polar surface area (TPSA) is 93.7 Å². The lowest BCUT2D eigenvalue weighted by molar-refractivity contribution is -0.384. The van der Waals surface area contributed by atoms with E-state index in [2.05, 4.69) is 0 Å². The first kappa shape index (κ1) is 21.7. The fourth-order valence-electron chi connectivity index (χ4n) is 3.93. The number of imide groups is 1. The van der Waals surface area contributed by atoms with Gasteiger partial charge in [-0.05, 0) is 52.7 Å². The first-order chi connectivity index (χ1) is 16.4. The van der Waals surface area contributed by atoms with Crippen LogP contribution in [-0.4, -0.2) is 21.0 Å². The zero-order valence-electron chi connectivity index (χ0n) is 18.1. The Morgan fingerprint density at radius 3 is 2.65 bits per heavy atom. The molecule has 1 aromatic heterocycles. The molecule has 0 aliphatic carbocycles. The number of hydrogen-bond acceptors (Lipinski definition) is 6. The SMILES string of the molecule is Cc1ccc([N+](=O)[O-])cc1-c1ccc(/C=C2\SC(=O)N(Cc3cccc4ccccc34)C2=O)o1. The number of fused-ring (bicyclic) bond motifs is 1. The normalized spacial score (nSPS) is 15.0. The predicted molar refractivity (Wildman–Crippen MR) is 131 cm³/mol. The van der Waals surface area contributed by atoms with Crippen molar-refractivity contribution >= 4 is 45.4 Å². The standard InChI is InChI=1S/C26H18N2O5S/c1-16-9-10-19(28(31)32)13-22(16)23-12-11-20(33-23)14-24-25(29)27(26(30)34-24)15-18-7-4-6-17-5-2-3-8-21(17)18/h2-14H,15H2,1H3/b24-14-. The number of carbonyl (C=O) groups excluding carboxylic acids is 2. The van der Waals surface area contributed by atoms with E-state index in [4.69, 9.17) is 4.42 Å². The van der Waals surface area contributed by atoms with Gasteiger partial charge in [-0.3, -0.25) is 24.6 Å². The summed E-state index contributed by atoms with van der Waals surface area (Å²) in [6.07, 6.45) is 1.53. The van der Waals surface area contributed by atoms with Crippen LogP contribution in [0.2, 0.25) is 0 Å². The Morgan fingerprint density at radius 1 is 1.03 bits per heavy atom. The number of carbonyl (C=O) groups is 2. The Balaban J connectivity index is 1.40. The van der Waals surface area contributed by atoms with E-state index in [1.165, 1.54) is 23.1 Å². The third-order valence-electron chi connectivity index (χ3n) is 5.68. The van der Waals surface area contributed by atoms with Crippen molar-refractivity contribution in [1.29, 1.82) is 0 Å². The lowest BCUT2D eigenvalue weighted by atomic mass is 10.0. The molecule has 0 spiro atoms. The van der Waals surface area contributed by atoms with Crippen LogP contribution in [0.1, 0.15) is 16.9 Å². The van der Waals surface area contributed by atoms with Gasteiger partial charge in [0.15, 0.2) is 0 Å². The summed E-state index contributed by atoms with van der Waals surface area (Å²) in [6, 6.07) is 21.6. The second kappa shape index (κ2) is 8.64. The number of amides is 2. The van der Waals surface area contributed by atoms with Crippen LogP contribution in [0.3, 0.4) is 0 Å². The maximum Gasteiger partial charge on any atom is 0.293 e. The van der Waals surface area contributed by atoms with Crippen molar-refractivity contribution in [2.45, 2.75) is 13.5 Å². The number of hydrogen-bond donors (Lipinski definition) is 0. The van der Waals surface area contributed by atoms with Gasteiger partial charge in [-0.15, -0.1) is 0 Å². The molecule has 1 aliphatic heterocycles. The molecule has 8 heteroatoms. The predicted octanol–water partition coefficient (Wildman–Crippen LogP) is 6.55. The number of rotatable bonds is 5. The second-order valence-electron chi connectivity index (χ2n) is 7.86. The van der Waals surface area contributed by atoms with Crippen molar-refractivity contribution < 1.29 is 18.9 Å². The van der Waals surface area contributed by atoms with Crippen molar-refractivity contribution in [3.05, 3.63) is 105 Å². The highest BCUT2D eigenvalue weighted by Gasteiger charge is 2.35. The van der Waals surface area contributed by atoms with E-state index in [9.17, 15) is 19.7 Å². The highest BCUT2D eigenvalue weighted by atomic mass is 32.2. The molecule has 1 saturated heterocycles. The summed E-state index contributed by atoms with van der Waals surface area (Å²) in [5, 5.41) is 12.8. The van der Waals surface area contributed by atoms with Crippen LogP contribution in [0.25, 0.3) is 28.2 Å². The van der Waals surface area contributed by atoms with Gasteiger partial charge in [-0.1, -0.05) is 48.5 Å². The van der Waals surface area contributed by atoms with Gasteiger partial charge >= 0.3 is 0 Å². The van der Waals surface area contributed by atoms with Crippen LogP contribution < -0.4 is 0 Å². The van der Waals surface area contributed by atoms with E-state index in [0.29, 0.717) is 17.1 Å². The molecule has 0 bridgehead atoms. The number of nitrogens with zero attached hydrogens (tertiary/aromatic N) is 2. The maximum atomic E-state index is 13.0. The Morgan fingerprint density at radius 2 is 1.82 bits per heavy atom. The van der Waals surface area contributed by atoms with E-state index >= 15 is 0 Å². The number of benzene rings is 3. The zero-order chi connectivity index (χ0) is 23.8. The smallest absolute Gasteiger partial charge is 0.293 e. The fourth-order valence-corrected chi connectivity index (χ4v) is 4.75. The van der Waals surface area contributed by atoms with Gasteiger partial charge in [0.25, 0.3) is 16.8 Å². The third kappa shape index (κ3) is 3.99. The molecule has 34 heavy (non-hydrogen) atoms. The average molecular weight is 471 g/mol. The highest BCUT2D eigenvalue weighted by Crippen LogP contribution is 2.36. The number of furan rings is 1. The van der Waals surface area contributed by atoms with Crippen LogP contribution >= 0.6 is 11.8 Å². The first-order valence-electron chi connectivity index (χ1n) is 10.5. The largest absolute Gasteiger partial charge is 0.457 e. The molecule has 1 aliphatic rings. The molecule has 5 rings (SSSR count). The summed E-state index contributed by atoms with van der Waals surface area (Å²) >= 11 is 0.865. The van der Waals surface area contributed by atoms with Gasteiger partial charge in [0.2, 0.25) is 0 Å². The maximum absolute atomic E-state index is 13.0. The molecule has 7 nitrogen and oxygen atoms in total. The molecule has 0 atom stereocenters. The lowest BCUT2D eigenvalue weighted by Crippen LogP contribution is -2.27. The van der Waals surface area contributed by atoms with Crippen LogP contribution in [0.15, 0.2) is 82.1 Å². The van der Waals surface area contributed by atoms with Crippen molar-refractivity contribution in [2.24, 2.45) is 0 Å². The Labute approximate surface area is 198 Å². The Bertz CT molecular complexity index is 1500. The van der Waals surface area contributed by atoms with E-state index in [-0.39, 0.29) is 28.3 Å². The summed E-state index contributed by atoms with van der Waals surface area (Å²) in [6.45, 7) is 2.01. The van der Waals surface area contributed by atoms with E-state index in [1.807, 2.05) is 49.4 Å². The molecule has 0 N–H and O–H groups in total. The number of aryl methyl sites for hydroxylation is 1. The number of non-ortho nitro benzene ring substituents is 1. The molecular formula is C26H18N2O5S. The zero-order valence-corrected chi connectivity index (χ0v) is 18.9. The quantitative estimate of drug-likeness (QED) is 0.186. The van der Waals surface area contributed by atoms with Crippen LogP contribution in [-0.2, 0) is 11.3 Å². The Kier molecular flexibility index (Phi) is 5.51. The summed E-state index contributed by atoms with van der Waals surface area (Å²) < 4.78 is 5.85. The minimum atomic E-state index is -0.460. The highest BCUT2D eigenvalue weighted by molar-refractivity contribution is 8.18. The van der Waals surface area contributed by atoms with Gasteiger partial charge in [0, 0.05) is 23.8 Å². The molecule has 1 fully saturated rings. The van der Waals surface area contributed by atoms with Gasteiger partial charge in [0.05, 0.1) is 16.4 Å². The Hall–Kier alpha value is -4.17. The monoisotopic (exact) mass is 470 g/mol. The van der Waals surface area contributed by atoms with Crippen molar-refractivity contribution in [3.63, 3.8) is 0 Å². The summed E-state index contributed by atoms with van der Waals surface area (Å²) in [4.78, 5) is 37.8. The number of nitro groups is 1. The average Bonchev–Trinajstić information content (AvgIpc) is 3.39. The van der Waals surface area contributed by atoms with Gasteiger partial charge in [-0.25, -0.2) is 0 Å². The molecule has 0 unspecified atom stereocenters. The number of thioether (sulfide) groups is 1. The van der Waals surface area contributed by atoms with Gasteiger partial charge in [0.1, 0.15) is 11.5 Å². The second-order valence-corrected chi connectivity index (χ2v) is 8.86. The molecule has 168 valence electrons. The van der Waals surface area contributed by atoms with Crippen LogP contribution in [0.4, 0.5) is 10.5 Å². The minimum absolute atomic E-state index is 0.0342. The molecular weight excluding hydrogens is 452 g/mol. The fraction of sp³-hybridized carbons (Fsp3) is 0.0769. The number of nitro benzene ring substituents is 1.